The molecule has 1 aromatic rings. The Hall–Kier alpha value is -1.89. The molecule has 2 amide bonds. The summed E-state index contributed by atoms with van der Waals surface area (Å²) in [5.41, 5.74) is 0. The molecule has 1 N–H and O–H groups in total. The van der Waals surface area contributed by atoms with Crippen LogP contribution in [0.15, 0.2) is 18.5 Å². The van der Waals surface area contributed by atoms with Crippen LogP contribution in [0.25, 0.3) is 0 Å². The molecule has 0 spiro atoms. The zero-order chi connectivity index (χ0) is 15.5. The molecule has 0 aromatic carbocycles. The minimum absolute atomic E-state index is 0.0344. The molecule has 7 heteroatoms. The van der Waals surface area contributed by atoms with Crippen LogP contribution in [0, 0.1) is 0 Å². The number of carbonyl (C=O) groups is 1. The molecule has 7 nitrogen and oxygen atoms in total. The second kappa shape index (κ2) is 6.48. The van der Waals surface area contributed by atoms with Crippen LogP contribution in [0.5, 0.6) is 0 Å². The minimum atomic E-state index is -0.0865. The third kappa shape index (κ3) is 2.99. The number of urea groups is 1. The molecule has 3 atom stereocenters. The molecule has 2 aliphatic rings. The fourth-order valence-electron chi connectivity index (χ4n) is 3.21. The van der Waals surface area contributed by atoms with Gasteiger partial charge in [0.2, 0.25) is 0 Å². The fourth-order valence-corrected chi connectivity index (χ4v) is 3.21. The van der Waals surface area contributed by atoms with Crippen LogP contribution in [0.2, 0.25) is 0 Å². The van der Waals surface area contributed by atoms with Crippen LogP contribution < -0.4 is 5.32 Å². The summed E-state index contributed by atoms with van der Waals surface area (Å²) in [7, 11) is 3.59. The van der Waals surface area contributed by atoms with Gasteiger partial charge in [-0.2, -0.15) is 0 Å². The molecular weight excluding hydrogens is 282 g/mol. The third-order valence-corrected chi connectivity index (χ3v) is 4.50. The van der Waals surface area contributed by atoms with Gasteiger partial charge in [0.05, 0.1) is 12.1 Å². The number of allylic oxidation sites excluding steroid dienone is 1. The van der Waals surface area contributed by atoms with Crippen molar-refractivity contribution in [3.63, 3.8) is 0 Å². The van der Waals surface area contributed by atoms with Crippen molar-refractivity contribution in [1.29, 1.82) is 0 Å². The second-order valence-corrected chi connectivity index (χ2v) is 5.99. The smallest absolute Gasteiger partial charge is 0.318 e. The molecule has 0 saturated carbocycles. The van der Waals surface area contributed by atoms with E-state index in [1.165, 1.54) is 0 Å². The lowest BCUT2D eigenvalue weighted by molar-refractivity contribution is 0.110. The van der Waals surface area contributed by atoms with Crippen LogP contribution in [0.4, 0.5) is 4.79 Å². The van der Waals surface area contributed by atoms with Gasteiger partial charge in [-0.25, -0.2) is 4.79 Å². The SMILES string of the molecule is CO[C@@H]1C[C@@H](c2nncn2C)N(C(=O)NC2CC=CCC2)C1. The van der Waals surface area contributed by atoms with Crippen molar-refractivity contribution in [3.8, 4) is 0 Å². The van der Waals surface area contributed by atoms with Gasteiger partial charge in [-0.15, -0.1) is 10.2 Å². The molecule has 22 heavy (non-hydrogen) atoms. The van der Waals surface area contributed by atoms with E-state index in [2.05, 4.69) is 27.7 Å². The predicted octanol–water partition coefficient (Wildman–Crippen LogP) is 1.40. The van der Waals surface area contributed by atoms with Gasteiger partial charge in [0.1, 0.15) is 6.33 Å². The number of aromatic nitrogens is 3. The first-order chi connectivity index (χ1) is 10.7. The van der Waals surface area contributed by atoms with Gasteiger partial charge in [0.15, 0.2) is 5.82 Å². The van der Waals surface area contributed by atoms with E-state index in [4.69, 9.17) is 4.74 Å². The summed E-state index contributed by atoms with van der Waals surface area (Å²) in [6.45, 7) is 0.586. The largest absolute Gasteiger partial charge is 0.380 e. The van der Waals surface area contributed by atoms with Gasteiger partial charge in [-0.3, -0.25) is 0 Å². The van der Waals surface area contributed by atoms with E-state index in [-0.39, 0.29) is 24.2 Å². The Morgan fingerprint density at radius 1 is 1.45 bits per heavy atom. The number of nitrogens with zero attached hydrogens (tertiary/aromatic N) is 4. The number of carbonyl (C=O) groups excluding carboxylic acids is 1. The Kier molecular flexibility index (Phi) is 4.42. The highest BCUT2D eigenvalue weighted by molar-refractivity contribution is 5.75. The van der Waals surface area contributed by atoms with Crippen molar-refractivity contribution >= 4 is 6.03 Å². The number of nitrogens with one attached hydrogen (secondary N) is 1. The van der Waals surface area contributed by atoms with E-state index >= 15 is 0 Å². The van der Waals surface area contributed by atoms with E-state index < -0.39 is 0 Å². The third-order valence-electron chi connectivity index (χ3n) is 4.50. The number of hydrogen-bond donors (Lipinski definition) is 1. The van der Waals surface area contributed by atoms with E-state index in [9.17, 15) is 4.79 Å². The van der Waals surface area contributed by atoms with Gasteiger partial charge in [0.25, 0.3) is 0 Å². The van der Waals surface area contributed by atoms with Crippen molar-refractivity contribution in [2.45, 2.75) is 43.9 Å². The summed E-state index contributed by atoms with van der Waals surface area (Å²) in [6, 6.07) is 0.101. The van der Waals surface area contributed by atoms with Crippen LogP contribution >= 0.6 is 0 Å². The Labute approximate surface area is 130 Å². The Morgan fingerprint density at radius 3 is 2.95 bits per heavy atom. The Balaban J connectivity index is 1.72. The highest BCUT2D eigenvalue weighted by Crippen LogP contribution is 2.32. The highest BCUT2D eigenvalue weighted by Gasteiger charge is 2.39. The molecule has 1 aliphatic carbocycles. The molecule has 1 saturated heterocycles. The van der Waals surface area contributed by atoms with Gasteiger partial charge < -0.3 is 19.5 Å². The number of methoxy groups -OCH3 is 1. The van der Waals surface area contributed by atoms with Gasteiger partial charge in [-0.05, 0) is 19.3 Å². The standard InChI is InChI=1S/C15H23N5O2/c1-19-10-16-18-14(19)13-8-12(22-2)9-20(13)15(21)17-11-6-4-3-5-7-11/h3-4,10-13H,5-9H2,1-2H3,(H,17,21)/t11?,12-,13+/m1/s1. The molecule has 3 rings (SSSR count). The van der Waals surface area contributed by atoms with Crippen molar-refractivity contribution in [1.82, 2.24) is 25.0 Å². The maximum absolute atomic E-state index is 12.7. The molecule has 1 unspecified atom stereocenters. The molecule has 1 aliphatic heterocycles. The van der Waals surface area contributed by atoms with Crippen molar-refractivity contribution in [2.75, 3.05) is 13.7 Å². The molecule has 2 heterocycles. The minimum Gasteiger partial charge on any atom is -0.380 e. The zero-order valence-corrected chi connectivity index (χ0v) is 13.1. The predicted molar refractivity (Wildman–Crippen MR) is 81.2 cm³/mol. The number of aryl methyl sites for hydroxylation is 1. The van der Waals surface area contributed by atoms with Crippen molar-refractivity contribution < 1.29 is 9.53 Å². The van der Waals surface area contributed by atoms with E-state index in [0.29, 0.717) is 6.54 Å². The van der Waals surface area contributed by atoms with Crippen LogP contribution in [-0.4, -0.2) is 51.5 Å². The first kappa shape index (κ1) is 15.0. The zero-order valence-electron chi connectivity index (χ0n) is 13.1. The number of rotatable bonds is 3. The van der Waals surface area contributed by atoms with Gasteiger partial charge in [-0.1, -0.05) is 12.2 Å². The monoisotopic (exact) mass is 305 g/mol. The highest BCUT2D eigenvalue weighted by atomic mass is 16.5. The molecule has 0 radical (unpaired) electrons. The lowest BCUT2D eigenvalue weighted by Gasteiger charge is -2.27. The number of ether oxygens (including phenoxy) is 1. The molecule has 0 bridgehead atoms. The average molecular weight is 305 g/mol. The van der Waals surface area contributed by atoms with Crippen molar-refractivity contribution in [3.05, 3.63) is 24.3 Å². The number of hydrogen-bond acceptors (Lipinski definition) is 4. The fraction of sp³-hybridized carbons (Fsp3) is 0.667. The summed E-state index contributed by atoms with van der Waals surface area (Å²) in [5.74, 6) is 0.804. The normalized spacial score (nSPS) is 28.1. The molecular formula is C15H23N5O2. The average Bonchev–Trinajstić information content (AvgIpc) is 3.13. The molecule has 1 aromatic heterocycles. The lowest BCUT2D eigenvalue weighted by Crippen LogP contribution is -2.45. The van der Waals surface area contributed by atoms with E-state index in [1.54, 1.807) is 13.4 Å². The summed E-state index contributed by atoms with van der Waals surface area (Å²) in [5, 5.41) is 11.2. The number of likely N-dealkylation sites (tertiary alicyclic amines) is 1. The summed E-state index contributed by atoms with van der Waals surface area (Å²) in [4.78, 5) is 14.5. The molecule has 120 valence electrons. The van der Waals surface area contributed by atoms with Crippen LogP contribution in [0.3, 0.4) is 0 Å². The van der Waals surface area contributed by atoms with Crippen LogP contribution in [0.1, 0.15) is 37.5 Å². The maximum atomic E-state index is 12.7. The Morgan fingerprint density at radius 2 is 2.32 bits per heavy atom. The quantitative estimate of drug-likeness (QED) is 0.857. The summed E-state index contributed by atoms with van der Waals surface area (Å²) < 4.78 is 7.33. The van der Waals surface area contributed by atoms with E-state index in [0.717, 1.165) is 31.5 Å². The van der Waals surface area contributed by atoms with Gasteiger partial charge in [0, 0.05) is 33.2 Å². The first-order valence-electron chi connectivity index (χ1n) is 7.78. The Bertz CT molecular complexity index is 556. The second-order valence-electron chi connectivity index (χ2n) is 5.99. The molecule has 1 fully saturated rings. The topological polar surface area (TPSA) is 72.3 Å². The number of amides is 2. The maximum Gasteiger partial charge on any atom is 0.318 e. The summed E-state index contributed by atoms with van der Waals surface area (Å²) >= 11 is 0. The lowest BCUT2D eigenvalue weighted by atomic mass is 10.0. The van der Waals surface area contributed by atoms with Crippen LogP contribution in [-0.2, 0) is 11.8 Å². The summed E-state index contributed by atoms with van der Waals surface area (Å²) in [6.07, 6.45) is 9.69. The van der Waals surface area contributed by atoms with Crippen molar-refractivity contribution in [2.24, 2.45) is 7.05 Å². The first-order valence-corrected chi connectivity index (χ1v) is 7.78. The van der Waals surface area contributed by atoms with Gasteiger partial charge >= 0.3 is 6.03 Å². The van der Waals surface area contributed by atoms with E-state index in [1.807, 2.05) is 16.5 Å².